The Kier molecular flexibility index (Phi) is 7.46. The van der Waals surface area contributed by atoms with Gasteiger partial charge in [-0.25, -0.2) is 4.79 Å². The van der Waals surface area contributed by atoms with Crippen LogP contribution in [-0.4, -0.2) is 18.5 Å². The first-order chi connectivity index (χ1) is 16.9. The van der Waals surface area contributed by atoms with Crippen LogP contribution >= 0.6 is 0 Å². The van der Waals surface area contributed by atoms with Gasteiger partial charge in [-0.1, -0.05) is 92.2 Å². The maximum absolute atomic E-state index is 12.9. The molecule has 4 aromatic carbocycles. The van der Waals surface area contributed by atoms with E-state index >= 15 is 0 Å². The lowest BCUT2D eigenvalue weighted by atomic mass is 9.91. The van der Waals surface area contributed by atoms with E-state index in [1.165, 1.54) is 0 Å². The van der Waals surface area contributed by atoms with E-state index < -0.39 is 12.0 Å². The molecular formula is C30H29NO4. The predicted octanol–water partition coefficient (Wildman–Crippen LogP) is 5.99. The molecule has 5 nitrogen and oxygen atoms in total. The van der Waals surface area contributed by atoms with Gasteiger partial charge < -0.3 is 14.8 Å². The summed E-state index contributed by atoms with van der Waals surface area (Å²) in [5.41, 5.74) is 2.75. The summed E-state index contributed by atoms with van der Waals surface area (Å²) in [5.74, 6) is 0.157. The standard InChI is InChI=1S/C30H29NO4/c1-20(2)30(33)31-29(23-15-13-21(3)14-16-23)28-25-12-8-7-9-22(25)17-18-26(28)35-27(32)19-34-24-10-5-4-6-11-24/h4-18,20,29H,19H2,1-3H3,(H,31,33)/t29-/m0/s1. The number of hydrogen-bond donors (Lipinski definition) is 1. The number of ether oxygens (including phenoxy) is 2. The fourth-order valence-corrected chi connectivity index (χ4v) is 3.86. The Balaban J connectivity index is 1.74. The molecule has 0 saturated heterocycles. The van der Waals surface area contributed by atoms with Gasteiger partial charge in [0.2, 0.25) is 5.91 Å². The van der Waals surface area contributed by atoms with Crippen LogP contribution in [0.25, 0.3) is 10.8 Å². The van der Waals surface area contributed by atoms with Crippen molar-refractivity contribution >= 4 is 22.6 Å². The average Bonchev–Trinajstić information content (AvgIpc) is 2.87. The summed E-state index contributed by atoms with van der Waals surface area (Å²) in [4.78, 5) is 25.6. The molecule has 0 aliphatic heterocycles. The Morgan fingerprint density at radius 2 is 1.51 bits per heavy atom. The first-order valence-electron chi connectivity index (χ1n) is 11.7. The lowest BCUT2D eigenvalue weighted by molar-refractivity contribution is -0.136. The van der Waals surface area contributed by atoms with Gasteiger partial charge in [-0.3, -0.25) is 4.79 Å². The second-order valence-corrected chi connectivity index (χ2v) is 8.78. The van der Waals surface area contributed by atoms with E-state index in [9.17, 15) is 9.59 Å². The second kappa shape index (κ2) is 10.9. The van der Waals surface area contributed by atoms with Crippen molar-refractivity contribution in [2.75, 3.05) is 6.61 Å². The van der Waals surface area contributed by atoms with E-state index in [0.29, 0.717) is 11.5 Å². The molecule has 0 bridgehead atoms. The molecule has 1 N–H and O–H groups in total. The number of benzene rings is 4. The normalized spacial score (nSPS) is 11.8. The van der Waals surface area contributed by atoms with E-state index in [1.807, 2.05) is 93.6 Å². The first-order valence-corrected chi connectivity index (χ1v) is 11.7. The molecule has 4 rings (SSSR count). The van der Waals surface area contributed by atoms with Crippen molar-refractivity contribution in [1.82, 2.24) is 5.32 Å². The number of fused-ring (bicyclic) bond motifs is 1. The van der Waals surface area contributed by atoms with Crippen LogP contribution in [0, 0.1) is 12.8 Å². The van der Waals surface area contributed by atoms with Crippen molar-refractivity contribution in [1.29, 1.82) is 0 Å². The van der Waals surface area contributed by atoms with E-state index in [1.54, 1.807) is 18.2 Å². The average molecular weight is 468 g/mol. The summed E-state index contributed by atoms with van der Waals surface area (Å²) in [7, 11) is 0. The lowest BCUT2D eigenvalue weighted by Gasteiger charge is -2.25. The molecule has 0 spiro atoms. The Morgan fingerprint density at radius 1 is 0.829 bits per heavy atom. The number of aryl methyl sites for hydroxylation is 1. The third-order valence-corrected chi connectivity index (χ3v) is 5.76. The molecule has 0 aromatic heterocycles. The zero-order chi connectivity index (χ0) is 24.8. The van der Waals surface area contributed by atoms with Crippen molar-refractivity contribution in [2.24, 2.45) is 5.92 Å². The van der Waals surface area contributed by atoms with Gasteiger partial charge in [0.1, 0.15) is 11.5 Å². The Bertz CT molecular complexity index is 1310. The van der Waals surface area contributed by atoms with Gasteiger partial charge in [0, 0.05) is 11.5 Å². The van der Waals surface area contributed by atoms with Gasteiger partial charge in [-0.15, -0.1) is 0 Å². The second-order valence-electron chi connectivity index (χ2n) is 8.78. The molecule has 0 unspecified atom stereocenters. The largest absolute Gasteiger partial charge is 0.482 e. The number of rotatable bonds is 8. The fourth-order valence-electron chi connectivity index (χ4n) is 3.86. The third-order valence-electron chi connectivity index (χ3n) is 5.76. The van der Waals surface area contributed by atoms with Crippen LogP contribution in [0.15, 0.2) is 91.0 Å². The maximum Gasteiger partial charge on any atom is 0.349 e. The van der Waals surface area contributed by atoms with E-state index in [4.69, 9.17) is 9.47 Å². The van der Waals surface area contributed by atoms with Crippen molar-refractivity contribution < 1.29 is 19.1 Å². The van der Waals surface area contributed by atoms with Crippen LogP contribution in [0.4, 0.5) is 0 Å². The topological polar surface area (TPSA) is 64.6 Å². The number of carbonyl (C=O) groups excluding carboxylic acids is 2. The number of para-hydroxylation sites is 1. The van der Waals surface area contributed by atoms with E-state index in [0.717, 1.165) is 27.5 Å². The highest BCUT2D eigenvalue weighted by Crippen LogP contribution is 2.37. The van der Waals surface area contributed by atoms with Crippen LogP contribution < -0.4 is 14.8 Å². The minimum atomic E-state index is -0.525. The molecule has 178 valence electrons. The summed E-state index contributed by atoms with van der Waals surface area (Å²) >= 11 is 0. The number of nitrogens with one attached hydrogen (secondary N) is 1. The van der Waals surface area contributed by atoms with Crippen LogP contribution in [0.2, 0.25) is 0 Å². The minimum absolute atomic E-state index is 0.0896. The van der Waals surface area contributed by atoms with Crippen LogP contribution in [0.1, 0.15) is 36.6 Å². The molecule has 0 fully saturated rings. The molecule has 0 heterocycles. The molecule has 0 radical (unpaired) electrons. The number of carbonyl (C=O) groups is 2. The van der Waals surface area contributed by atoms with Crippen molar-refractivity contribution in [2.45, 2.75) is 26.8 Å². The molecule has 0 aliphatic rings. The highest BCUT2D eigenvalue weighted by Gasteiger charge is 2.25. The summed E-state index contributed by atoms with van der Waals surface area (Å²) in [6, 6.07) is 28.2. The van der Waals surface area contributed by atoms with Gasteiger partial charge in [-0.2, -0.15) is 0 Å². The Labute approximate surface area is 205 Å². The summed E-state index contributed by atoms with van der Waals surface area (Å²) < 4.78 is 11.4. The molecule has 5 heteroatoms. The van der Waals surface area contributed by atoms with Gasteiger partial charge in [0.05, 0.1) is 6.04 Å². The summed E-state index contributed by atoms with van der Waals surface area (Å²) in [5, 5.41) is 5.06. The molecular weight excluding hydrogens is 438 g/mol. The zero-order valence-electron chi connectivity index (χ0n) is 20.2. The van der Waals surface area contributed by atoms with Gasteiger partial charge >= 0.3 is 5.97 Å². The molecule has 0 saturated carbocycles. The van der Waals surface area contributed by atoms with Crippen LogP contribution in [0.3, 0.4) is 0 Å². The van der Waals surface area contributed by atoms with Crippen molar-refractivity contribution in [3.63, 3.8) is 0 Å². The molecule has 4 aromatic rings. The predicted molar refractivity (Wildman–Crippen MR) is 138 cm³/mol. The lowest BCUT2D eigenvalue weighted by Crippen LogP contribution is -2.33. The molecule has 1 atom stereocenters. The molecule has 1 amide bonds. The zero-order valence-corrected chi connectivity index (χ0v) is 20.2. The van der Waals surface area contributed by atoms with Crippen molar-refractivity contribution in [3.8, 4) is 11.5 Å². The Hall–Kier alpha value is -4.12. The summed E-state index contributed by atoms with van der Waals surface area (Å²) in [6.07, 6.45) is 0. The number of esters is 1. The molecule has 35 heavy (non-hydrogen) atoms. The number of amides is 1. The van der Waals surface area contributed by atoms with Gasteiger partial charge in [0.15, 0.2) is 6.61 Å². The third kappa shape index (κ3) is 5.87. The number of hydrogen-bond acceptors (Lipinski definition) is 4. The monoisotopic (exact) mass is 467 g/mol. The smallest absolute Gasteiger partial charge is 0.349 e. The van der Waals surface area contributed by atoms with Crippen LogP contribution in [-0.2, 0) is 9.59 Å². The quantitative estimate of drug-likeness (QED) is 0.255. The summed E-state index contributed by atoms with van der Waals surface area (Å²) in [6.45, 7) is 5.49. The van der Waals surface area contributed by atoms with E-state index in [-0.39, 0.29) is 18.4 Å². The Morgan fingerprint density at radius 3 is 2.23 bits per heavy atom. The van der Waals surface area contributed by atoms with Gasteiger partial charge in [0.25, 0.3) is 0 Å². The highest BCUT2D eigenvalue weighted by atomic mass is 16.6. The highest BCUT2D eigenvalue weighted by molar-refractivity contribution is 5.91. The van der Waals surface area contributed by atoms with Gasteiger partial charge in [-0.05, 0) is 41.5 Å². The first kappa shape index (κ1) is 24.0. The maximum atomic E-state index is 12.9. The minimum Gasteiger partial charge on any atom is -0.482 e. The fraction of sp³-hybridized carbons (Fsp3) is 0.200. The SMILES string of the molecule is Cc1ccc([C@H](NC(=O)C(C)C)c2c(OC(=O)COc3ccccc3)ccc3ccccc23)cc1. The van der Waals surface area contributed by atoms with Crippen LogP contribution in [0.5, 0.6) is 11.5 Å². The van der Waals surface area contributed by atoms with E-state index in [2.05, 4.69) is 5.32 Å². The van der Waals surface area contributed by atoms with Crippen molar-refractivity contribution in [3.05, 3.63) is 108 Å². The molecule has 0 aliphatic carbocycles.